The molecule has 3 aromatic rings. The number of ether oxygens (including phenoxy) is 1. The fraction of sp³-hybridized carbons (Fsp3) is 0.167. The smallest absolute Gasteiger partial charge is 0.262 e. The van der Waals surface area contributed by atoms with E-state index in [-0.39, 0.29) is 18.4 Å². The average molecular weight is 421 g/mol. The number of anilines is 2. The fourth-order valence-electron chi connectivity index (χ4n) is 3.52. The van der Waals surface area contributed by atoms with Crippen LogP contribution in [0.5, 0.6) is 5.75 Å². The third-order valence-electron chi connectivity index (χ3n) is 5.06. The molecule has 1 aliphatic heterocycles. The normalized spacial score (nSPS) is 12.6. The lowest BCUT2D eigenvalue weighted by molar-refractivity contribution is -0.118. The van der Waals surface area contributed by atoms with Gasteiger partial charge in [0.05, 0.1) is 6.54 Å². The molecule has 0 bridgehead atoms. The molecule has 0 radical (unpaired) electrons. The van der Waals surface area contributed by atoms with Crippen LogP contribution in [0.3, 0.4) is 0 Å². The van der Waals surface area contributed by atoms with Crippen molar-refractivity contribution < 1.29 is 14.3 Å². The molecule has 5 nitrogen and oxygen atoms in total. The molecule has 0 aromatic heterocycles. The standard InChI is InChI=1S/C24H21ClN2O3/c1-15-11-20(12-16(2)23(15)25)30-14-22(28)26-18-7-9-19(10-8-18)27-13-17-5-3-4-6-21(17)24(27)29/h3-12H,13-14H2,1-2H3,(H,26,28). The second kappa shape index (κ2) is 8.20. The Hall–Kier alpha value is -3.31. The molecular weight excluding hydrogens is 400 g/mol. The van der Waals surface area contributed by atoms with Crippen LogP contribution in [0.2, 0.25) is 5.02 Å². The van der Waals surface area contributed by atoms with Gasteiger partial charge in [-0.1, -0.05) is 29.8 Å². The maximum absolute atomic E-state index is 12.6. The molecule has 0 saturated carbocycles. The number of hydrogen-bond donors (Lipinski definition) is 1. The maximum atomic E-state index is 12.6. The molecule has 1 heterocycles. The van der Waals surface area contributed by atoms with Crippen molar-refractivity contribution in [3.63, 3.8) is 0 Å². The maximum Gasteiger partial charge on any atom is 0.262 e. The van der Waals surface area contributed by atoms with Gasteiger partial charge >= 0.3 is 0 Å². The highest BCUT2D eigenvalue weighted by Crippen LogP contribution is 2.29. The first-order valence-corrected chi connectivity index (χ1v) is 9.99. The first-order valence-electron chi connectivity index (χ1n) is 9.61. The topological polar surface area (TPSA) is 58.6 Å². The molecule has 6 heteroatoms. The predicted octanol–water partition coefficient (Wildman–Crippen LogP) is 5.13. The Morgan fingerprint density at radius 3 is 2.40 bits per heavy atom. The minimum atomic E-state index is -0.266. The number of nitrogens with zero attached hydrogens (tertiary/aromatic N) is 1. The van der Waals surface area contributed by atoms with Crippen LogP contribution in [-0.2, 0) is 11.3 Å². The summed E-state index contributed by atoms with van der Waals surface area (Å²) in [6.07, 6.45) is 0. The number of rotatable bonds is 5. The Morgan fingerprint density at radius 2 is 1.73 bits per heavy atom. The molecular formula is C24H21ClN2O3. The summed E-state index contributed by atoms with van der Waals surface area (Å²) in [5.41, 5.74) is 4.99. The third-order valence-corrected chi connectivity index (χ3v) is 5.66. The van der Waals surface area contributed by atoms with Crippen molar-refractivity contribution in [1.82, 2.24) is 0 Å². The first-order chi connectivity index (χ1) is 14.4. The van der Waals surface area contributed by atoms with Gasteiger partial charge in [-0.05, 0) is 73.0 Å². The van der Waals surface area contributed by atoms with Gasteiger partial charge in [0.25, 0.3) is 11.8 Å². The Bertz CT molecular complexity index is 1100. The molecule has 152 valence electrons. The van der Waals surface area contributed by atoms with E-state index in [4.69, 9.17) is 16.3 Å². The molecule has 2 amide bonds. The molecule has 1 N–H and O–H groups in total. The van der Waals surface area contributed by atoms with E-state index in [9.17, 15) is 9.59 Å². The molecule has 0 aliphatic carbocycles. The number of carbonyl (C=O) groups is 2. The molecule has 0 saturated heterocycles. The van der Waals surface area contributed by atoms with Crippen LogP contribution >= 0.6 is 11.6 Å². The quantitative estimate of drug-likeness (QED) is 0.622. The average Bonchev–Trinajstić information content (AvgIpc) is 3.08. The molecule has 0 atom stereocenters. The van der Waals surface area contributed by atoms with Gasteiger partial charge in [0.1, 0.15) is 5.75 Å². The van der Waals surface area contributed by atoms with E-state index in [1.54, 1.807) is 17.0 Å². The van der Waals surface area contributed by atoms with Crippen LogP contribution in [0.4, 0.5) is 11.4 Å². The van der Waals surface area contributed by atoms with E-state index in [0.717, 1.165) is 27.9 Å². The van der Waals surface area contributed by atoms with Crippen LogP contribution in [0.25, 0.3) is 0 Å². The summed E-state index contributed by atoms with van der Waals surface area (Å²) in [6.45, 7) is 4.23. The summed E-state index contributed by atoms with van der Waals surface area (Å²) in [6, 6.07) is 18.4. The van der Waals surface area contributed by atoms with Gasteiger partial charge in [0.2, 0.25) is 0 Å². The number of amides is 2. The molecule has 30 heavy (non-hydrogen) atoms. The Morgan fingerprint density at radius 1 is 1.07 bits per heavy atom. The Kier molecular flexibility index (Phi) is 5.46. The van der Waals surface area contributed by atoms with Crippen LogP contribution in [0.15, 0.2) is 60.7 Å². The molecule has 0 unspecified atom stereocenters. The number of aryl methyl sites for hydroxylation is 2. The van der Waals surface area contributed by atoms with E-state index < -0.39 is 0 Å². The lowest BCUT2D eigenvalue weighted by Gasteiger charge is -2.16. The molecule has 3 aromatic carbocycles. The zero-order valence-electron chi connectivity index (χ0n) is 16.7. The number of carbonyl (C=O) groups excluding carboxylic acids is 2. The van der Waals surface area contributed by atoms with Gasteiger partial charge in [-0.15, -0.1) is 0 Å². The second-order valence-electron chi connectivity index (χ2n) is 7.30. The van der Waals surface area contributed by atoms with Gasteiger partial charge in [-0.3, -0.25) is 9.59 Å². The van der Waals surface area contributed by atoms with Crippen molar-refractivity contribution in [1.29, 1.82) is 0 Å². The number of benzene rings is 3. The predicted molar refractivity (Wildman–Crippen MR) is 118 cm³/mol. The summed E-state index contributed by atoms with van der Waals surface area (Å²) in [5.74, 6) is 0.328. The minimum absolute atomic E-state index is 0.00987. The van der Waals surface area contributed by atoms with E-state index >= 15 is 0 Å². The number of nitrogens with one attached hydrogen (secondary N) is 1. The van der Waals surface area contributed by atoms with Gasteiger partial charge in [-0.2, -0.15) is 0 Å². The molecule has 0 fully saturated rings. The molecule has 1 aliphatic rings. The summed E-state index contributed by atoms with van der Waals surface area (Å²) < 4.78 is 5.59. The lowest BCUT2D eigenvalue weighted by atomic mass is 10.1. The van der Waals surface area contributed by atoms with Crippen LogP contribution in [0.1, 0.15) is 27.0 Å². The molecule has 4 rings (SSSR count). The van der Waals surface area contributed by atoms with Gasteiger partial charge < -0.3 is 15.0 Å². The van der Waals surface area contributed by atoms with Gasteiger partial charge in [-0.25, -0.2) is 0 Å². The summed E-state index contributed by atoms with van der Waals surface area (Å²) in [4.78, 5) is 26.5. The number of fused-ring (bicyclic) bond motifs is 1. The highest BCUT2D eigenvalue weighted by molar-refractivity contribution is 6.32. The van der Waals surface area contributed by atoms with E-state index in [1.807, 2.05) is 62.4 Å². The zero-order chi connectivity index (χ0) is 21.3. The van der Waals surface area contributed by atoms with Crippen LogP contribution < -0.4 is 15.0 Å². The SMILES string of the molecule is Cc1cc(OCC(=O)Nc2ccc(N3Cc4ccccc4C3=O)cc2)cc(C)c1Cl. The fourth-order valence-corrected chi connectivity index (χ4v) is 3.63. The summed E-state index contributed by atoms with van der Waals surface area (Å²) in [7, 11) is 0. The Labute approximate surface area is 180 Å². The zero-order valence-corrected chi connectivity index (χ0v) is 17.5. The number of hydrogen-bond acceptors (Lipinski definition) is 3. The van der Waals surface area contributed by atoms with Gasteiger partial charge in [0.15, 0.2) is 6.61 Å². The largest absolute Gasteiger partial charge is 0.484 e. The van der Waals surface area contributed by atoms with Crippen molar-refractivity contribution in [2.45, 2.75) is 20.4 Å². The van der Waals surface area contributed by atoms with Gasteiger partial charge in [0, 0.05) is 22.0 Å². The van der Waals surface area contributed by atoms with E-state index in [0.29, 0.717) is 23.0 Å². The van der Waals surface area contributed by atoms with Crippen molar-refractivity contribution in [3.05, 3.63) is 87.9 Å². The van der Waals surface area contributed by atoms with E-state index in [1.165, 1.54) is 0 Å². The summed E-state index contributed by atoms with van der Waals surface area (Å²) >= 11 is 6.16. The molecule has 0 spiro atoms. The van der Waals surface area contributed by atoms with Crippen LogP contribution in [0, 0.1) is 13.8 Å². The third kappa shape index (κ3) is 4.02. The van der Waals surface area contributed by atoms with E-state index in [2.05, 4.69) is 5.32 Å². The minimum Gasteiger partial charge on any atom is -0.484 e. The number of halogens is 1. The lowest BCUT2D eigenvalue weighted by Crippen LogP contribution is -2.23. The second-order valence-corrected chi connectivity index (χ2v) is 7.68. The highest BCUT2D eigenvalue weighted by Gasteiger charge is 2.27. The van der Waals surface area contributed by atoms with Crippen molar-refractivity contribution in [3.8, 4) is 5.75 Å². The van der Waals surface area contributed by atoms with Crippen molar-refractivity contribution >= 4 is 34.8 Å². The van der Waals surface area contributed by atoms with Crippen molar-refractivity contribution in [2.24, 2.45) is 0 Å². The summed E-state index contributed by atoms with van der Waals surface area (Å²) in [5, 5.41) is 3.51. The first kappa shape index (κ1) is 20.0. The highest BCUT2D eigenvalue weighted by atomic mass is 35.5. The van der Waals surface area contributed by atoms with Crippen molar-refractivity contribution in [2.75, 3.05) is 16.8 Å². The monoisotopic (exact) mass is 420 g/mol. The Balaban J connectivity index is 1.36. The van der Waals surface area contributed by atoms with Crippen LogP contribution in [-0.4, -0.2) is 18.4 Å².